The van der Waals surface area contributed by atoms with E-state index in [1.807, 2.05) is 25.1 Å². The number of ether oxygens (including phenoxy) is 2. The lowest BCUT2D eigenvalue weighted by molar-refractivity contribution is 0.181. The molecule has 7 heteroatoms. The van der Waals surface area contributed by atoms with Crippen LogP contribution in [0.25, 0.3) is 36.7 Å². The number of hydrogen-bond acceptors (Lipinski definition) is 6. The minimum Gasteiger partial charge on any atom is -0.497 e. The van der Waals surface area contributed by atoms with Gasteiger partial charge in [-0.05, 0) is 36.8 Å². The van der Waals surface area contributed by atoms with E-state index in [0.29, 0.717) is 17.8 Å². The molecule has 4 rings (SSSR count). The van der Waals surface area contributed by atoms with Crippen molar-refractivity contribution in [3.05, 3.63) is 53.1 Å². The molecule has 0 spiro atoms. The minimum atomic E-state index is 0.376. The number of benzene rings is 2. The molecule has 0 saturated heterocycles. The van der Waals surface area contributed by atoms with Crippen LogP contribution in [0.5, 0.6) is 5.75 Å². The van der Waals surface area contributed by atoms with E-state index < -0.39 is 0 Å². The van der Waals surface area contributed by atoms with E-state index in [0.717, 1.165) is 43.3 Å². The van der Waals surface area contributed by atoms with Gasteiger partial charge in [0.25, 0.3) is 0 Å². The van der Waals surface area contributed by atoms with Crippen molar-refractivity contribution in [1.82, 2.24) is 15.0 Å². The second-order valence-electron chi connectivity index (χ2n) is 6.08. The van der Waals surface area contributed by atoms with Crippen molar-refractivity contribution in [3.63, 3.8) is 0 Å². The molecule has 0 amide bonds. The molecule has 0 atom stereocenters. The van der Waals surface area contributed by atoms with Crippen molar-refractivity contribution >= 4 is 38.3 Å². The van der Waals surface area contributed by atoms with Crippen LogP contribution in [0, 0.1) is 13.5 Å². The highest BCUT2D eigenvalue weighted by atomic mass is 32.1. The largest absolute Gasteiger partial charge is 0.497 e. The Morgan fingerprint density at radius 3 is 2.70 bits per heavy atom. The van der Waals surface area contributed by atoms with Gasteiger partial charge in [0.2, 0.25) is 0 Å². The van der Waals surface area contributed by atoms with Crippen molar-refractivity contribution < 1.29 is 9.47 Å². The van der Waals surface area contributed by atoms with E-state index in [1.54, 1.807) is 37.8 Å². The molecule has 0 aliphatic heterocycles. The molecule has 0 aliphatic rings. The van der Waals surface area contributed by atoms with E-state index in [-0.39, 0.29) is 0 Å². The van der Waals surface area contributed by atoms with E-state index in [4.69, 9.17) is 21.0 Å². The molecule has 27 heavy (non-hydrogen) atoms. The first-order valence-corrected chi connectivity index (χ1v) is 9.06. The highest BCUT2D eigenvalue weighted by Gasteiger charge is 2.15. The Labute approximate surface area is 160 Å². The second-order valence-corrected chi connectivity index (χ2v) is 7.11. The summed E-state index contributed by atoms with van der Waals surface area (Å²) >= 11 is 1.56. The summed E-state index contributed by atoms with van der Waals surface area (Å²) in [5.74, 6) is 0.805. The number of rotatable bonds is 4. The molecule has 134 valence electrons. The maximum atomic E-state index is 7.43. The summed E-state index contributed by atoms with van der Waals surface area (Å²) in [4.78, 5) is 17.6. The van der Waals surface area contributed by atoms with Crippen LogP contribution < -0.4 is 4.74 Å². The summed E-state index contributed by atoms with van der Waals surface area (Å²) < 4.78 is 11.5. The van der Waals surface area contributed by atoms with Gasteiger partial charge in [-0.2, -0.15) is 0 Å². The molecule has 2 heterocycles. The first-order valence-electron chi connectivity index (χ1n) is 8.24. The zero-order valence-corrected chi connectivity index (χ0v) is 15.9. The van der Waals surface area contributed by atoms with Crippen molar-refractivity contribution in [3.8, 4) is 16.3 Å². The number of nitrogens with zero attached hydrogens (tertiary/aromatic N) is 4. The lowest BCUT2D eigenvalue weighted by Crippen LogP contribution is -1.96. The Morgan fingerprint density at radius 1 is 1.11 bits per heavy atom. The van der Waals surface area contributed by atoms with E-state index in [9.17, 15) is 0 Å². The van der Waals surface area contributed by atoms with Crippen LogP contribution in [0.2, 0.25) is 0 Å². The third kappa shape index (κ3) is 3.10. The molecule has 0 saturated carbocycles. The van der Waals surface area contributed by atoms with Crippen molar-refractivity contribution in [2.24, 2.45) is 0 Å². The van der Waals surface area contributed by atoms with Crippen LogP contribution in [0.4, 0.5) is 5.69 Å². The maximum Gasteiger partial charge on any atom is 0.190 e. The van der Waals surface area contributed by atoms with Crippen LogP contribution in [-0.4, -0.2) is 29.2 Å². The van der Waals surface area contributed by atoms with E-state index >= 15 is 0 Å². The standard InChI is InChI=1S/C20H16N4O2S/c1-11-5-14(26-4)8-17-18(11)24-20(27-17)15-6-12(21-2)7-16-19(15)22-9-13(23-16)10-25-3/h5-9H,10H2,1,3-4H3. The fraction of sp³-hybridized carbons (Fsp3) is 0.200. The van der Waals surface area contributed by atoms with Crippen LogP contribution in [0.3, 0.4) is 0 Å². The average molecular weight is 376 g/mol. The molecule has 0 radical (unpaired) electrons. The molecule has 2 aromatic heterocycles. The van der Waals surface area contributed by atoms with E-state index in [1.165, 1.54) is 0 Å². The van der Waals surface area contributed by atoms with Gasteiger partial charge in [0.05, 0.1) is 53.4 Å². The number of aryl methyl sites for hydroxylation is 1. The lowest BCUT2D eigenvalue weighted by atomic mass is 10.1. The molecular formula is C20H16N4O2S. The predicted octanol–water partition coefficient (Wildman–Crippen LogP) is 4.92. The molecule has 0 fully saturated rings. The highest BCUT2D eigenvalue weighted by Crippen LogP contribution is 2.38. The Kier molecular flexibility index (Phi) is 4.44. The fourth-order valence-corrected chi connectivity index (χ4v) is 4.08. The summed E-state index contributed by atoms with van der Waals surface area (Å²) in [6.45, 7) is 9.81. The van der Waals surface area contributed by atoms with Gasteiger partial charge in [-0.1, -0.05) is 0 Å². The number of aromatic nitrogens is 3. The monoisotopic (exact) mass is 376 g/mol. The summed E-state index contributed by atoms with van der Waals surface area (Å²) in [5.41, 5.74) is 5.42. The van der Waals surface area contributed by atoms with Crippen LogP contribution in [0.1, 0.15) is 11.3 Å². The Bertz CT molecular complexity index is 1210. The van der Waals surface area contributed by atoms with Crippen LogP contribution in [0.15, 0.2) is 30.5 Å². The highest BCUT2D eigenvalue weighted by molar-refractivity contribution is 7.21. The molecule has 6 nitrogen and oxygen atoms in total. The number of methoxy groups -OCH3 is 2. The van der Waals surface area contributed by atoms with Gasteiger partial charge < -0.3 is 9.47 Å². The summed E-state index contributed by atoms with van der Waals surface area (Å²) in [6, 6.07) is 7.52. The van der Waals surface area contributed by atoms with Crippen molar-refractivity contribution in [2.45, 2.75) is 13.5 Å². The van der Waals surface area contributed by atoms with E-state index in [2.05, 4.69) is 14.8 Å². The molecule has 0 unspecified atom stereocenters. The zero-order valence-electron chi connectivity index (χ0n) is 15.1. The Morgan fingerprint density at radius 2 is 1.96 bits per heavy atom. The van der Waals surface area contributed by atoms with Gasteiger partial charge in [0, 0.05) is 12.7 Å². The normalized spacial score (nSPS) is 11.0. The molecule has 0 N–H and O–H groups in total. The molecular weight excluding hydrogens is 360 g/mol. The molecule has 0 aliphatic carbocycles. The van der Waals surface area contributed by atoms with Crippen LogP contribution >= 0.6 is 11.3 Å². The second kappa shape index (κ2) is 6.91. The predicted molar refractivity (Wildman–Crippen MR) is 106 cm³/mol. The number of fused-ring (bicyclic) bond motifs is 2. The average Bonchev–Trinajstić information content (AvgIpc) is 3.11. The Hall–Kier alpha value is -3.08. The fourth-order valence-electron chi connectivity index (χ4n) is 2.99. The SMILES string of the molecule is [C-]#[N+]c1cc(-c2nc3c(C)cc(OC)cc3s2)c2ncc(COC)nc2c1. The van der Waals surface area contributed by atoms with Gasteiger partial charge in [0.1, 0.15) is 10.8 Å². The zero-order chi connectivity index (χ0) is 19.0. The molecule has 4 aromatic rings. The minimum absolute atomic E-state index is 0.376. The molecule has 2 aromatic carbocycles. The third-order valence-corrected chi connectivity index (χ3v) is 5.26. The van der Waals surface area contributed by atoms with Crippen molar-refractivity contribution in [2.75, 3.05) is 14.2 Å². The van der Waals surface area contributed by atoms with Gasteiger partial charge in [-0.25, -0.2) is 14.8 Å². The summed E-state index contributed by atoms with van der Waals surface area (Å²) in [6.07, 6.45) is 1.70. The number of hydrogen-bond donors (Lipinski definition) is 0. The van der Waals surface area contributed by atoms with Crippen molar-refractivity contribution in [1.29, 1.82) is 0 Å². The maximum absolute atomic E-state index is 7.43. The first-order chi connectivity index (χ1) is 13.1. The summed E-state index contributed by atoms with van der Waals surface area (Å²) in [5, 5.41) is 0.811. The lowest BCUT2D eigenvalue weighted by Gasteiger charge is -2.06. The number of thiazole rings is 1. The van der Waals surface area contributed by atoms with Gasteiger partial charge in [-0.3, -0.25) is 4.98 Å². The van der Waals surface area contributed by atoms with Gasteiger partial charge in [-0.15, -0.1) is 11.3 Å². The topological polar surface area (TPSA) is 61.5 Å². The quantitative estimate of drug-likeness (QED) is 0.473. The van der Waals surface area contributed by atoms with Gasteiger partial charge in [0.15, 0.2) is 5.69 Å². The van der Waals surface area contributed by atoms with Gasteiger partial charge >= 0.3 is 0 Å². The van der Waals surface area contributed by atoms with Crippen LogP contribution in [-0.2, 0) is 11.3 Å². The molecule has 0 bridgehead atoms. The Balaban J connectivity index is 1.96. The summed E-state index contributed by atoms with van der Waals surface area (Å²) in [7, 11) is 3.27. The first kappa shape index (κ1) is 17.3. The third-order valence-electron chi connectivity index (χ3n) is 4.23. The smallest absolute Gasteiger partial charge is 0.190 e.